The van der Waals surface area contributed by atoms with Gasteiger partial charge < -0.3 is 19.5 Å². The second-order valence-electron chi connectivity index (χ2n) is 5.97. The highest BCUT2D eigenvalue weighted by Gasteiger charge is 2.13. The number of benzene rings is 3. The maximum Gasteiger partial charge on any atom is 0.256 e. The molecule has 0 saturated heterocycles. The van der Waals surface area contributed by atoms with Crippen molar-refractivity contribution >= 4 is 11.6 Å². The van der Waals surface area contributed by atoms with E-state index in [1.807, 2.05) is 49.4 Å². The summed E-state index contributed by atoms with van der Waals surface area (Å²) in [7, 11) is 3.09. The zero-order valence-corrected chi connectivity index (χ0v) is 15.5. The van der Waals surface area contributed by atoms with E-state index in [0.29, 0.717) is 34.2 Å². The lowest BCUT2D eigenvalue weighted by Gasteiger charge is -2.13. The number of hydrogen-bond donors (Lipinski definition) is 1. The number of rotatable bonds is 6. The number of ether oxygens (including phenoxy) is 3. The van der Waals surface area contributed by atoms with Gasteiger partial charge in [0.25, 0.3) is 5.91 Å². The average Bonchev–Trinajstić information content (AvgIpc) is 2.70. The molecule has 0 unspecified atom stereocenters. The Kier molecular flexibility index (Phi) is 5.61. The van der Waals surface area contributed by atoms with Gasteiger partial charge in [0.05, 0.1) is 19.9 Å². The molecule has 0 aliphatic heterocycles. The van der Waals surface area contributed by atoms with Gasteiger partial charge in [0.2, 0.25) is 0 Å². The molecule has 1 amide bonds. The van der Waals surface area contributed by atoms with Crippen LogP contribution in [0.1, 0.15) is 15.9 Å². The minimum atomic E-state index is -0.285. The minimum absolute atomic E-state index is 0.285. The largest absolute Gasteiger partial charge is 0.497 e. The lowest BCUT2D eigenvalue weighted by molar-refractivity contribution is 0.102. The van der Waals surface area contributed by atoms with E-state index in [9.17, 15) is 4.79 Å². The van der Waals surface area contributed by atoms with E-state index in [-0.39, 0.29) is 5.91 Å². The van der Waals surface area contributed by atoms with Crippen LogP contribution in [0.4, 0.5) is 5.69 Å². The number of methoxy groups -OCH3 is 2. The molecule has 0 atom stereocenters. The summed E-state index contributed by atoms with van der Waals surface area (Å²) in [4.78, 5) is 12.7. The summed E-state index contributed by atoms with van der Waals surface area (Å²) in [5.74, 6) is 2.06. The second kappa shape index (κ2) is 8.27. The number of nitrogens with one attached hydrogen (secondary N) is 1. The van der Waals surface area contributed by atoms with Gasteiger partial charge in [-0.15, -0.1) is 0 Å². The van der Waals surface area contributed by atoms with E-state index >= 15 is 0 Å². The Labute approximate surface area is 158 Å². The quantitative estimate of drug-likeness (QED) is 0.665. The second-order valence-corrected chi connectivity index (χ2v) is 5.97. The lowest BCUT2D eigenvalue weighted by Crippen LogP contribution is -2.13. The number of carbonyl (C=O) groups excluding carboxylic acids is 1. The van der Waals surface area contributed by atoms with Gasteiger partial charge in [0, 0.05) is 11.6 Å². The molecule has 27 heavy (non-hydrogen) atoms. The van der Waals surface area contributed by atoms with Crippen LogP contribution in [0.25, 0.3) is 0 Å². The Balaban J connectivity index is 1.83. The summed E-state index contributed by atoms with van der Waals surface area (Å²) >= 11 is 0. The van der Waals surface area contributed by atoms with Crippen molar-refractivity contribution in [3.63, 3.8) is 0 Å². The van der Waals surface area contributed by atoms with E-state index in [4.69, 9.17) is 14.2 Å². The SMILES string of the molecule is COc1cc(OC)cc(C(=O)Nc2ccccc2Oc2ccc(C)cc2)c1. The van der Waals surface area contributed by atoms with Crippen molar-refractivity contribution in [3.05, 3.63) is 77.9 Å². The van der Waals surface area contributed by atoms with Crippen LogP contribution >= 0.6 is 0 Å². The maximum atomic E-state index is 12.7. The Morgan fingerprint density at radius 1 is 0.815 bits per heavy atom. The fraction of sp³-hybridized carbons (Fsp3) is 0.136. The highest BCUT2D eigenvalue weighted by atomic mass is 16.5. The Morgan fingerprint density at radius 2 is 1.44 bits per heavy atom. The lowest BCUT2D eigenvalue weighted by atomic mass is 10.1. The predicted octanol–water partition coefficient (Wildman–Crippen LogP) is 5.06. The van der Waals surface area contributed by atoms with Crippen molar-refractivity contribution in [1.29, 1.82) is 0 Å². The summed E-state index contributed by atoms with van der Waals surface area (Å²) in [5, 5.41) is 2.89. The number of carbonyl (C=O) groups is 1. The van der Waals surface area contributed by atoms with Crippen LogP contribution in [0.15, 0.2) is 66.7 Å². The summed E-state index contributed by atoms with van der Waals surface area (Å²) in [5.41, 5.74) is 2.15. The van der Waals surface area contributed by atoms with Crippen LogP contribution in [0.5, 0.6) is 23.0 Å². The normalized spacial score (nSPS) is 10.2. The van der Waals surface area contributed by atoms with Crippen LogP contribution in [0, 0.1) is 6.92 Å². The molecule has 0 aliphatic carbocycles. The van der Waals surface area contributed by atoms with Gasteiger partial charge in [-0.25, -0.2) is 0 Å². The molecule has 0 spiro atoms. The number of amides is 1. The molecule has 0 aliphatic rings. The van der Waals surface area contributed by atoms with Crippen molar-refractivity contribution in [2.75, 3.05) is 19.5 Å². The third kappa shape index (κ3) is 4.58. The number of anilines is 1. The monoisotopic (exact) mass is 363 g/mol. The first-order chi connectivity index (χ1) is 13.1. The first-order valence-corrected chi connectivity index (χ1v) is 8.47. The van der Waals surface area contributed by atoms with Crippen molar-refractivity contribution in [2.24, 2.45) is 0 Å². The third-order valence-electron chi connectivity index (χ3n) is 4.00. The molecule has 3 aromatic rings. The molecule has 3 aromatic carbocycles. The smallest absolute Gasteiger partial charge is 0.256 e. The zero-order valence-electron chi connectivity index (χ0n) is 15.5. The number of aryl methyl sites for hydroxylation is 1. The van der Waals surface area contributed by atoms with E-state index < -0.39 is 0 Å². The highest BCUT2D eigenvalue weighted by molar-refractivity contribution is 6.05. The van der Waals surface area contributed by atoms with E-state index in [0.717, 1.165) is 5.56 Å². The third-order valence-corrected chi connectivity index (χ3v) is 4.00. The first-order valence-electron chi connectivity index (χ1n) is 8.47. The van der Waals surface area contributed by atoms with E-state index in [1.54, 1.807) is 38.5 Å². The molecule has 0 radical (unpaired) electrons. The molecule has 138 valence electrons. The number of hydrogen-bond acceptors (Lipinski definition) is 4. The average molecular weight is 363 g/mol. The van der Waals surface area contributed by atoms with Gasteiger partial charge >= 0.3 is 0 Å². The molecule has 0 saturated carbocycles. The van der Waals surface area contributed by atoms with Gasteiger partial charge in [-0.2, -0.15) is 0 Å². The minimum Gasteiger partial charge on any atom is -0.497 e. The fourth-order valence-corrected chi connectivity index (χ4v) is 2.53. The Morgan fingerprint density at radius 3 is 2.07 bits per heavy atom. The van der Waals surface area contributed by atoms with Crippen molar-refractivity contribution < 1.29 is 19.0 Å². The van der Waals surface area contributed by atoms with Crippen LogP contribution in [0.3, 0.4) is 0 Å². The molecular weight excluding hydrogens is 342 g/mol. The standard InChI is InChI=1S/C22H21NO4/c1-15-8-10-17(11-9-15)27-21-7-5-4-6-20(21)23-22(24)16-12-18(25-2)14-19(13-16)26-3/h4-14H,1-3H3,(H,23,24). The van der Waals surface area contributed by atoms with Crippen molar-refractivity contribution in [1.82, 2.24) is 0 Å². The summed E-state index contributed by atoms with van der Waals surface area (Å²) in [6.07, 6.45) is 0. The van der Waals surface area contributed by atoms with E-state index in [1.165, 1.54) is 0 Å². The fourth-order valence-electron chi connectivity index (χ4n) is 2.53. The molecule has 5 heteroatoms. The summed E-state index contributed by atoms with van der Waals surface area (Å²) in [6, 6.07) is 20.0. The van der Waals surface area contributed by atoms with Crippen LogP contribution < -0.4 is 19.5 Å². The van der Waals surface area contributed by atoms with Gasteiger partial charge in [-0.1, -0.05) is 29.8 Å². The van der Waals surface area contributed by atoms with E-state index in [2.05, 4.69) is 5.32 Å². The molecule has 0 bridgehead atoms. The molecule has 1 N–H and O–H groups in total. The van der Waals surface area contributed by atoms with Crippen LogP contribution in [-0.2, 0) is 0 Å². The zero-order chi connectivity index (χ0) is 19.2. The molecular formula is C22H21NO4. The summed E-state index contributed by atoms with van der Waals surface area (Å²) < 4.78 is 16.4. The Hall–Kier alpha value is -3.47. The van der Waals surface area contributed by atoms with Crippen LogP contribution in [-0.4, -0.2) is 20.1 Å². The highest BCUT2D eigenvalue weighted by Crippen LogP contribution is 2.30. The predicted molar refractivity (Wildman–Crippen MR) is 105 cm³/mol. The van der Waals surface area contributed by atoms with Crippen molar-refractivity contribution in [3.8, 4) is 23.0 Å². The molecule has 3 rings (SSSR count). The van der Waals surface area contributed by atoms with Gasteiger partial charge in [0.15, 0.2) is 5.75 Å². The number of para-hydroxylation sites is 2. The molecule has 0 heterocycles. The maximum absolute atomic E-state index is 12.7. The van der Waals surface area contributed by atoms with Gasteiger partial charge in [-0.05, 0) is 43.3 Å². The summed E-state index contributed by atoms with van der Waals surface area (Å²) in [6.45, 7) is 2.01. The first kappa shape index (κ1) is 18.3. The van der Waals surface area contributed by atoms with Crippen LogP contribution in [0.2, 0.25) is 0 Å². The molecule has 0 aromatic heterocycles. The van der Waals surface area contributed by atoms with Crippen molar-refractivity contribution in [2.45, 2.75) is 6.92 Å². The Bertz CT molecular complexity index is 913. The van der Waals surface area contributed by atoms with Gasteiger partial charge in [-0.3, -0.25) is 4.79 Å². The molecule has 0 fully saturated rings. The molecule has 5 nitrogen and oxygen atoms in total. The van der Waals surface area contributed by atoms with Gasteiger partial charge in [0.1, 0.15) is 17.2 Å². The topological polar surface area (TPSA) is 56.8 Å².